The molecule has 0 bridgehead atoms. The van der Waals surface area contributed by atoms with Crippen LogP contribution in [0.4, 0.5) is 0 Å². The van der Waals surface area contributed by atoms with E-state index in [1.54, 1.807) is 0 Å². The number of alkyl halides is 1. The molecule has 0 N–H and O–H groups in total. The Balaban J connectivity index is 1.99. The second-order valence-corrected chi connectivity index (χ2v) is 3.95. The van der Waals surface area contributed by atoms with Crippen LogP contribution in [-0.4, -0.2) is 10.9 Å². The van der Waals surface area contributed by atoms with E-state index in [4.69, 9.17) is 11.6 Å². The highest BCUT2D eigenvalue weighted by Crippen LogP contribution is 2.08. The molecule has 14 heavy (non-hydrogen) atoms. The van der Waals surface area contributed by atoms with Gasteiger partial charge in [0.15, 0.2) is 0 Å². The zero-order valence-corrected chi connectivity index (χ0v) is 9.34. The minimum absolute atomic E-state index is 0.808. The van der Waals surface area contributed by atoms with Crippen molar-refractivity contribution in [3.8, 4) is 0 Å². The van der Waals surface area contributed by atoms with Gasteiger partial charge in [-0.25, -0.2) is 0 Å². The molecule has 1 heterocycles. The van der Waals surface area contributed by atoms with Crippen molar-refractivity contribution in [2.75, 3.05) is 5.88 Å². The van der Waals surface area contributed by atoms with Crippen LogP contribution in [-0.2, 0) is 6.42 Å². The van der Waals surface area contributed by atoms with Gasteiger partial charge < -0.3 is 0 Å². The van der Waals surface area contributed by atoms with Crippen molar-refractivity contribution in [2.45, 2.75) is 38.5 Å². The molecule has 0 saturated carbocycles. The van der Waals surface area contributed by atoms with Crippen molar-refractivity contribution in [2.24, 2.45) is 0 Å². The van der Waals surface area contributed by atoms with Crippen molar-refractivity contribution in [3.05, 3.63) is 30.1 Å². The zero-order valence-electron chi connectivity index (χ0n) is 8.58. The highest BCUT2D eigenvalue weighted by atomic mass is 35.5. The van der Waals surface area contributed by atoms with E-state index in [1.165, 1.54) is 31.2 Å². The first-order valence-corrected chi connectivity index (χ1v) is 5.92. The van der Waals surface area contributed by atoms with Crippen LogP contribution in [0.1, 0.15) is 37.7 Å². The second kappa shape index (κ2) is 7.81. The number of halogens is 1. The first-order chi connectivity index (χ1) is 6.93. The predicted molar refractivity (Wildman–Crippen MR) is 61.7 cm³/mol. The molecule has 0 amide bonds. The lowest BCUT2D eigenvalue weighted by molar-refractivity contribution is 0.633. The van der Waals surface area contributed by atoms with E-state index >= 15 is 0 Å². The second-order valence-electron chi connectivity index (χ2n) is 3.57. The molecule has 2 heteroatoms. The summed E-state index contributed by atoms with van der Waals surface area (Å²) in [4.78, 5) is 4.10. The average molecular weight is 212 g/mol. The van der Waals surface area contributed by atoms with E-state index in [0.29, 0.717) is 0 Å². The molecule has 0 saturated heterocycles. The van der Waals surface area contributed by atoms with E-state index in [0.717, 1.165) is 18.7 Å². The topological polar surface area (TPSA) is 12.9 Å². The highest BCUT2D eigenvalue weighted by molar-refractivity contribution is 6.17. The molecule has 0 spiro atoms. The Hall–Kier alpha value is -0.560. The van der Waals surface area contributed by atoms with Crippen molar-refractivity contribution in [3.63, 3.8) is 0 Å². The normalized spacial score (nSPS) is 10.4. The first kappa shape index (κ1) is 11.5. The van der Waals surface area contributed by atoms with Crippen molar-refractivity contribution < 1.29 is 0 Å². The van der Waals surface area contributed by atoms with Gasteiger partial charge >= 0.3 is 0 Å². The number of hydrogen-bond donors (Lipinski definition) is 0. The zero-order chi connectivity index (χ0) is 10.1. The maximum atomic E-state index is 5.60. The molecule has 0 atom stereocenters. The molecule has 0 aromatic carbocycles. The van der Waals surface area contributed by atoms with Crippen LogP contribution in [0.25, 0.3) is 0 Å². The molecule has 0 fully saturated rings. The van der Waals surface area contributed by atoms with Crippen LogP contribution in [0.3, 0.4) is 0 Å². The maximum absolute atomic E-state index is 5.60. The molecular formula is C12H18ClN. The summed E-state index contributed by atoms with van der Waals surface area (Å²) in [6.45, 7) is 0. The Labute approximate surface area is 91.5 Å². The van der Waals surface area contributed by atoms with Crippen LogP contribution in [0.15, 0.2) is 24.5 Å². The van der Waals surface area contributed by atoms with Gasteiger partial charge in [-0.05, 0) is 30.9 Å². The van der Waals surface area contributed by atoms with Crippen molar-refractivity contribution >= 4 is 11.6 Å². The van der Waals surface area contributed by atoms with Gasteiger partial charge in [0, 0.05) is 18.3 Å². The summed E-state index contributed by atoms with van der Waals surface area (Å²) < 4.78 is 0. The maximum Gasteiger partial charge on any atom is 0.0299 e. The van der Waals surface area contributed by atoms with Gasteiger partial charge in [-0.2, -0.15) is 0 Å². The summed E-state index contributed by atoms with van der Waals surface area (Å²) in [7, 11) is 0. The van der Waals surface area contributed by atoms with Gasteiger partial charge in [-0.1, -0.05) is 25.3 Å². The van der Waals surface area contributed by atoms with E-state index < -0.39 is 0 Å². The highest BCUT2D eigenvalue weighted by Gasteiger charge is 1.93. The van der Waals surface area contributed by atoms with Crippen LogP contribution in [0.2, 0.25) is 0 Å². The van der Waals surface area contributed by atoms with E-state index in [2.05, 4.69) is 11.1 Å². The number of aromatic nitrogens is 1. The number of nitrogens with zero attached hydrogens (tertiary/aromatic N) is 1. The first-order valence-electron chi connectivity index (χ1n) is 5.38. The molecule has 1 rings (SSSR count). The third kappa shape index (κ3) is 5.23. The predicted octanol–water partition coefficient (Wildman–Crippen LogP) is 3.81. The standard InChI is InChI=1S/C12H18ClN/c13-9-5-3-1-2-4-7-12-8-6-10-14-11-12/h6,8,10-11H,1-5,7,9H2. The van der Waals surface area contributed by atoms with Gasteiger partial charge in [0.1, 0.15) is 0 Å². The third-order valence-electron chi connectivity index (χ3n) is 2.32. The smallest absolute Gasteiger partial charge is 0.0299 e. The third-order valence-corrected chi connectivity index (χ3v) is 2.59. The molecule has 0 unspecified atom stereocenters. The fourth-order valence-corrected chi connectivity index (χ4v) is 1.69. The Morgan fingerprint density at radius 2 is 1.86 bits per heavy atom. The number of aryl methyl sites for hydroxylation is 1. The molecular weight excluding hydrogens is 194 g/mol. The molecule has 1 nitrogen and oxygen atoms in total. The van der Waals surface area contributed by atoms with Gasteiger partial charge in [-0.15, -0.1) is 11.6 Å². The minimum atomic E-state index is 0.808. The fraction of sp³-hybridized carbons (Fsp3) is 0.583. The Kier molecular flexibility index (Phi) is 6.42. The van der Waals surface area contributed by atoms with Crippen molar-refractivity contribution in [1.82, 2.24) is 4.98 Å². The van der Waals surface area contributed by atoms with Crippen LogP contribution < -0.4 is 0 Å². The summed E-state index contributed by atoms with van der Waals surface area (Å²) >= 11 is 5.60. The monoisotopic (exact) mass is 211 g/mol. The fourth-order valence-electron chi connectivity index (χ4n) is 1.50. The van der Waals surface area contributed by atoms with Crippen LogP contribution >= 0.6 is 11.6 Å². The number of hydrogen-bond acceptors (Lipinski definition) is 1. The molecule has 0 aliphatic rings. The molecule has 78 valence electrons. The Morgan fingerprint density at radius 1 is 1.07 bits per heavy atom. The van der Waals surface area contributed by atoms with Gasteiger partial charge in [-0.3, -0.25) is 4.98 Å². The molecule has 1 aromatic heterocycles. The van der Waals surface area contributed by atoms with Crippen molar-refractivity contribution in [1.29, 1.82) is 0 Å². The quantitative estimate of drug-likeness (QED) is 0.494. The lowest BCUT2D eigenvalue weighted by Gasteiger charge is -2.00. The summed E-state index contributed by atoms with van der Waals surface area (Å²) in [5.74, 6) is 0.808. The number of unbranched alkanes of at least 4 members (excludes halogenated alkanes) is 4. The van der Waals surface area contributed by atoms with E-state index in [1.807, 2.05) is 18.5 Å². The SMILES string of the molecule is ClCCCCCCCc1cccnc1. The summed E-state index contributed by atoms with van der Waals surface area (Å²) in [6.07, 6.45) is 11.3. The minimum Gasteiger partial charge on any atom is -0.264 e. The Morgan fingerprint density at radius 3 is 2.57 bits per heavy atom. The summed E-state index contributed by atoms with van der Waals surface area (Å²) in [6, 6.07) is 4.15. The van der Waals surface area contributed by atoms with E-state index in [9.17, 15) is 0 Å². The van der Waals surface area contributed by atoms with Gasteiger partial charge in [0.25, 0.3) is 0 Å². The van der Waals surface area contributed by atoms with Gasteiger partial charge in [0.2, 0.25) is 0 Å². The number of rotatable bonds is 7. The molecule has 0 radical (unpaired) electrons. The Bertz CT molecular complexity index is 223. The molecule has 1 aromatic rings. The van der Waals surface area contributed by atoms with E-state index in [-0.39, 0.29) is 0 Å². The molecule has 0 aliphatic carbocycles. The molecule has 0 aliphatic heterocycles. The summed E-state index contributed by atoms with van der Waals surface area (Å²) in [5, 5.41) is 0. The van der Waals surface area contributed by atoms with Crippen LogP contribution in [0.5, 0.6) is 0 Å². The van der Waals surface area contributed by atoms with Crippen LogP contribution in [0, 0.1) is 0 Å². The largest absolute Gasteiger partial charge is 0.264 e. The number of pyridine rings is 1. The van der Waals surface area contributed by atoms with Gasteiger partial charge in [0.05, 0.1) is 0 Å². The lowest BCUT2D eigenvalue weighted by atomic mass is 10.1. The lowest BCUT2D eigenvalue weighted by Crippen LogP contribution is -1.87. The average Bonchev–Trinajstić information content (AvgIpc) is 2.25. The summed E-state index contributed by atoms with van der Waals surface area (Å²) in [5.41, 5.74) is 1.35.